The van der Waals surface area contributed by atoms with Gasteiger partial charge in [0.25, 0.3) is 0 Å². The van der Waals surface area contributed by atoms with Gasteiger partial charge in [-0.25, -0.2) is 0 Å². The number of rotatable bonds is 5. The van der Waals surface area contributed by atoms with Crippen LogP contribution in [0.25, 0.3) is 0 Å². The third-order valence-corrected chi connectivity index (χ3v) is 4.88. The molecule has 112 valence electrons. The average Bonchev–Trinajstić information content (AvgIpc) is 2.82. The van der Waals surface area contributed by atoms with Crippen molar-refractivity contribution >= 4 is 33.2 Å². The quantitative estimate of drug-likeness (QED) is 0.833. The summed E-state index contributed by atoms with van der Waals surface area (Å²) in [5.41, 5.74) is 2.35. The summed E-state index contributed by atoms with van der Waals surface area (Å²) in [4.78, 5) is 2.44. The monoisotopic (exact) mass is 358 g/mol. The first-order chi connectivity index (χ1) is 9.47. The molecule has 20 heavy (non-hydrogen) atoms. The number of aryl methyl sites for hydroxylation is 1. The first-order valence-electron chi connectivity index (χ1n) is 7.38. The van der Waals surface area contributed by atoms with Crippen molar-refractivity contribution in [2.24, 2.45) is 11.8 Å². The van der Waals surface area contributed by atoms with Gasteiger partial charge in [0.2, 0.25) is 0 Å². The second-order valence-electron chi connectivity index (χ2n) is 6.21. The summed E-state index contributed by atoms with van der Waals surface area (Å²) >= 11 is 9.93. The van der Waals surface area contributed by atoms with Gasteiger partial charge in [0, 0.05) is 22.6 Å². The Morgan fingerprint density at radius 3 is 2.90 bits per heavy atom. The van der Waals surface area contributed by atoms with Gasteiger partial charge >= 0.3 is 0 Å². The lowest BCUT2D eigenvalue weighted by molar-refractivity contribution is 0.477. The molecule has 1 N–H and O–H groups in total. The third-order valence-electron chi connectivity index (χ3n) is 3.84. The molecule has 0 spiro atoms. The van der Waals surface area contributed by atoms with E-state index in [-0.39, 0.29) is 0 Å². The van der Waals surface area contributed by atoms with Gasteiger partial charge in [-0.15, -0.1) is 0 Å². The summed E-state index contributed by atoms with van der Waals surface area (Å²) in [6, 6.07) is 4.20. The van der Waals surface area contributed by atoms with Crippen molar-refractivity contribution in [2.45, 2.75) is 27.2 Å². The molecule has 1 heterocycles. The molecule has 4 heteroatoms. The van der Waals surface area contributed by atoms with E-state index in [1.807, 2.05) is 6.92 Å². The predicted molar refractivity (Wildman–Crippen MR) is 91.9 cm³/mol. The second kappa shape index (κ2) is 7.15. The van der Waals surface area contributed by atoms with Crippen molar-refractivity contribution in [1.29, 1.82) is 0 Å². The molecule has 1 unspecified atom stereocenters. The van der Waals surface area contributed by atoms with E-state index in [0.717, 1.165) is 53.1 Å². The maximum Gasteiger partial charge on any atom is 0.0525 e. The Labute approximate surface area is 136 Å². The molecule has 0 aromatic heterocycles. The van der Waals surface area contributed by atoms with Crippen LogP contribution in [-0.4, -0.2) is 26.2 Å². The van der Waals surface area contributed by atoms with Crippen LogP contribution >= 0.6 is 27.5 Å². The predicted octanol–water partition coefficient (Wildman–Crippen LogP) is 4.48. The molecule has 2 nitrogen and oxygen atoms in total. The van der Waals surface area contributed by atoms with E-state index in [0.29, 0.717) is 0 Å². The molecule has 1 aliphatic heterocycles. The minimum Gasteiger partial charge on any atom is -0.370 e. The molecule has 0 bridgehead atoms. The molecule has 0 saturated carbocycles. The zero-order valence-electron chi connectivity index (χ0n) is 12.5. The Balaban J connectivity index is 1.94. The molecule has 1 aromatic carbocycles. The molecule has 1 fully saturated rings. The Morgan fingerprint density at radius 2 is 2.20 bits per heavy atom. The molecule has 1 aliphatic rings. The lowest BCUT2D eigenvalue weighted by atomic mass is 10.1. The number of halogens is 2. The number of benzene rings is 1. The van der Waals surface area contributed by atoms with E-state index in [1.54, 1.807) is 0 Å². The summed E-state index contributed by atoms with van der Waals surface area (Å²) in [7, 11) is 0. The van der Waals surface area contributed by atoms with Crippen molar-refractivity contribution in [3.8, 4) is 0 Å². The highest BCUT2D eigenvalue weighted by Gasteiger charge is 2.24. The van der Waals surface area contributed by atoms with Crippen molar-refractivity contribution in [1.82, 2.24) is 5.32 Å². The Bertz CT molecular complexity index is 462. The zero-order chi connectivity index (χ0) is 14.7. The van der Waals surface area contributed by atoms with Crippen LogP contribution in [0.1, 0.15) is 25.8 Å². The molecular weight excluding hydrogens is 336 g/mol. The summed E-state index contributed by atoms with van der Waals surface area (Å²) in [5, 5.41) is 4.42. The maximum absolute atomic E-state index is 6.26. The van der Waals surface area contributed by atoms with Gasteiger partial charge in [-0.2, -0.15) is 0 Å². The van der Waals surface area contributed by atoms with Gasteiger partial charge in [-0.1, -0.05) is 25.4 Å². The zero-order valence-corrected chi connectivity index (χ0v) is 14.9. The van der Waals surface area contributed by atoms with E-state index in [4.69, 9.17) is 11.6 Å². The van der Waals surface area contributed by atoms with E-state index < -0.39 is 0 Å². The fourth-order valence-corrected chi connectivity index (χ4v) is 3.54. The first-order valence-corrected chi connectivity index (χ1v) is 8.55. The van der Waals surface area contributed by atoms with Crippen LogP contribution in [0, 0.1) is 18.8 Å². The lowest BCUT2D eigenvalue weighted by Crippen LogP contribution is -2.28. The van der Waals surface area contributed by atoms with Crippen LogP contribution in [0.15, 0.2) is 16.6 Å². The molecule has 1 saturated heterocycles. The van der Waals surface area contributed by atoms with Crippen molar-refractivity contribution in [3.05, 3.63) is 27.2 Å². The molecule has 1 aromatic rings. The molecule has 0 aliphatic carbocycles. The van der Waals surface area contributed by atoms with Crippen LogP contribution in [0.4, 0.5) is 5.69 Å². The summed E-state index contributed by atoms with van der Waals surface area (Å²) in [6.45, 7) is 11.0. The van der Waals surface area contributed by atoms with Crippen LogP contribution in [0.3, 0.4) is 0 Å². The molecule has 0 amide bonds. The maximum atomic E-state index is 6.26. The van der Waals surface area contributed by atoms with Gasteiger partial charge in [-0.3, -0.25) is 0 Å². The fourth-order valence-electron chi connectivity index (χ4n) is 2.67. The second-order valence-corrected chi connectivity index (χ2v) is 7.47. The van der Waals surface area contributed by atoms with Gasteiger partial charge in [0.15, 0.2) is 0 Å². The van der Waals surface area contributed by atoms with Crippen molar-refractivity contribution in [3.63, 3.8) is 0 Å². The normalized spacial score (nSPS) is 19.1. The highest BCUT2D eigenvalue weighted by Crippen LogP contribution is 2.34. The SMILES string of the molecule is Cc1cc(Br)c(N2CCC(CNCC(C)C)C2)cc1Cl. The minimum absolute atomic E-state index is 0.720. The van der Waals surface area contributed by atoms with Crippen LogP contribution in [0.5, 0.6) is 0 Å². The Hall–Kier alpha value is -0.250. The minimum atomic E-state index is 0.720. The van der Waals surface area contributed by atoms with Gasteiger partial charge in [0.1, 0.15) is 0 Å². The average molecular weight is 360 g/mol. The number of nitrogens with one attached hydrogen (secondary N) is 1. The molecule has 0 radical (unpaired) electrons. The topological polar surface area (TPSA) is 15.3 Å². The van der Waals surface area contributed by atoms with Crippen LogP contribution in [-0.2, 0) is 0 Å². The summed E-state index contributed by atoms with van der Waals surface area (Å²) in [6.07, 6.45) is 1.25. The number of anilines is 1. The highest BCUT2D eigenvalue weighted by molar-refractivity contribution is 9.10. The van der Waals surface area contributed by atoms with Gasteiger partial charge in [0.05, 0.1) is 5.69 Å². The van der Waals surface area contributed by atoms with Crippen molar-refractivity contribution in [2.75, 3.05) is 31.1 Å². The standard InChI is InChI=1S/C16H24BrClN2/c1-11(2)8-19-9-13-4-5-20(10-13)16-7-15(18)12(3)6-14(16)17/h6-7,11,13,19H,4-5,8-10H2,1-3H3. The van der Waals surface area contributed by atoms with E-state index >= 15 is 0 Å². The molecular formula is C16H24BrClN2. The smallest absolute Gasteiger partial charge is 0.0525 e. The molecule has 2 rings (SSSR count). The number of nitrogens with zero attached hydrogens (tertiary/aromatic N) is 1. The van der Waals surface area contributed by atoms with Crippen LogP contribution in [0.2, 0.25) is 5.02 Å². The highest BCUT2D eigenvalue weighted by atomic mass is 79.9. The fraction of sp³-hybridized carbons (Fsp3) is 0.625. The van der Waals surface area contributed by atoms with Crippen molar-refractivity contribution < 1.29 is 0 Å². The third kappa shape index (κ3) is 4.12. The van der Waals surface area contributed by atoms with E-state index in [9.17, 15) is 0 Å². The largest absolute Gasteiger partial charge is 0.370 e. The number of hydrogen-bond donors (Lipinski definition) is 1. The van der Waals surface area contributed by atoms with Crippen LogP contribution < -0.4 is 10.2 Å². The van der Waals surface area contributed by atoms with Gasteiger partial charge < -0.3 is 10.2 Å². The first kappa shape index (κ1) is 16.1. The molecule has 1 atom stereocenters. The van der Waals surface area contributed by atoms with Gasteiger partial charge in [-0.05, 0) is 71.9 Å². The van der Waals surface area contributed by atoms with E-state index in [2.05, 4.69) is 52.1 Å². The lowest BCUT2D eigenvalue weighted by Gasteiger charge is -2.21. The number of hydrogen-bond acceptors (Lipinski definition) is 2. The Kier molecular flexibility index (Phi) is 5.76. The van der Waals surface area contributed by atoms with E-state index in [1.165, 1.54) is 12.1 Å². The summed E-state index contributed by atoms with van der Waals surface area (Å²) < 4.78 is 1.15. The Morgan fingerprint density at radius 1 is 1.45 bits per heavy atom. The summed E-state index contributed by atoms with van der Waals surface area (Å²) in [5.74, 6) is 1.46.